The van der Waals surface area contributed by atoms with Gasteiger partial charge in [0.25, 0.3) is 0 Å². The molecule has 0 bridgehead atoms. The van der Waals surface area contributed by atoms with Gasteiger partial charge in [0.15, 0.2) is 0 Å². The molecule has 112 valence electrons. The average Bonchev–Trinajstić information content (AvgIpc) is 2.46. The number of hydrogen-bond donors (Lipinski definition) is 2. The van der Waals surface area contributed by atoms with Crippen LogP contribution < -0.4 is 4.72 Å². The highest BCUT2D eigenvalue weighted by molar-refractivity contribution is 7.89. The summed E-state index contributed by atoms with van der Waals surface area (Å²) in [5, 5.41) is 9.78. The Morgan fingerprint density at radius 2 is 1.95 bits per heavy atom. The molecule has 0 spiro atoms. The van der Waals surface area contributed by atoms with Crippen molar-refractivity contribution in [1.82, 2.24) is 4.72 Å². The lowest BCUT2D eigenvalue weighted by molar-refractivity contribution is 0.280. The molecule has 4 nitrogen and oxygen atoms in total. The summed E-state index contributed by atoms with van der Waals surface area (Å²) in [5.74, 6) is 0. The zero-order chi connectivity index (χ0) is 15.5. The third-order valence-corrected chi connectivity index (χ3v) is 4.79. The van der Waals surface area contributed by atoms with Crippen molar-refractivity contribution in [2.75, 3.05) is 0 Å². The molecule has 0 fully saturated rings. The SMILES string of the molecule is Cc1ccc(S(=O)(=O)NCc2cccc(Cl)c2)cc1CO. The maximum Gasteiger partial charge on any atom is 0.240 e. The Hall–Kier alpha value is -1.40. The van der Waals surface area contributed by atoms with Crippen LogP contribution in [0, 0.1) is 6.92 Å². The fourth-order valence-electron chi connectivity index (χ4n) is 1.89. The molecule has 0 radical (unpaired) electrons. The van der Waals surface area contributed by atoms with Gasteiger partial charge < -0.3 is 5.11 Å². The number of nitrogens with one attached hydrogen (secondary N) is 1. The minimum atomic E-state index is -3.62. The fraction of sp³-hybridized carbons (Fsp3) is 0.200. The van der Waals surface area contributed by atoms with E-state index < -0.39 is 10.0 Å². The summed E-state index contributed by atoms with van der Waals surface area (Å²) in [5.41, 5.74) is 2.23. The van der Waals surface area contributed by atoms with Crippen molar-refractivity contribution in [1.29, 1.82) is 0 Å². The second-order valence-electron chi connectivity index (χ2n) is 4.70. The van der Waals surface area contributed by atoms with Crippen LogP contribution in [0.5, 0.6) is 0 Å². The number of halogens is 1. The van der Waals surface area contributed by atoms with E-state index in [-0.39, 0.29) is 18.0 Å². The summed E-state index contributed by atoms with van der Waals surface area (Å²) in [6, 6.07) is 11.7. The standard InChI is InChI=1S/C15H16ClNO3S/c1-11-5-6-15(8-13(11)10-18)21(19,20)17-9-12-3-2-4-14(16)7-12/h2-8,17-18H,9-10H2,1H3. The summed E-state index contributed by atoms with van der Waals surface area (Å²) in [6.45, 7) is 1.79. The number of hydrogen-bond acceptors (Lipinski definition) is 3. The molecule has 0 aliphatic heterocycles. The van der Waals surface area contributed by atoms with Crippen LogP contribution in [0.3, 0.4) is 0 Å². The van der Waals surface area contributed by atoms with E-state index in [1.165, 1.54) is 12.1 Å². The number of aliphatic hydroxyl groups excluding tert-OH is 1. The maximum absolute atomic E-state index is 12.2. The molecule has 0 aliphatic rings. The van der Waals surface area contributed by atoms with Gasteiger partial charge in [-0.3, -0.25) is 0 Å². The quantitative estimate of drug-likeness (QED) is 0.888. The topological polar surface area (TPSA) is 66.4 Å². The van der Waals surface area contributed by atoms with E-state index in [1.807, 2.05) is 6.92 Å². The first-order chi connectivity index (χ1) is 9.92. The zero-order valence-corrected chi connectivity index (χ0v) is 13.1. The number of sulfonamides is 1. The van der Waals surface area contributed by atoms with E-state index in [9.17, 15) is 13.5 Å². The fourth-order valence-corrected chi connectivity index (χ4v) is 3.17. The Kier molecular flexibility index (Phi) is 5.00. The number of aryl methyl sites for hydroxylation is 1. The summed E-state index contributed by atoms with van der Waals surface area (Å²) in [4.78, 5) is 0.138. The predicted octanol–water partition coefficient (Wildman–Crippen LogP) is 2.62. The van der Waals surface area contributed by atoms with Gasteiger partial charge in [0.2, 0.25) is 10.0 Å². The van der Waals surface area contributed by atoms with Gasteiger partial charge in [0.1, 0.15) is 0 Å². The van der Waals surface area contributed by atoms with Gasteiger partial charge in [-0.1, -0.05) is 29.8 Å². The Bertz CT molecular complexity index is 744. The molecule has 0 saturated carbocycles. The molecule has 0 saturated heterocycles. The lowest BCUT2D eigenvalue weighted by atomic mass is 10.1. The van der Waals surface area contributed by atoms with Crippen LogP contribution in [0.4, 0.5) is 0 Å². The first kappa shape index (κ1) is 16.0. The number of benzene rings is 2. The Labute approximate surface area is 129 Å². The lowest BCUT2D eigenvalue weighted by Gasteiger charge is -2.09. The van der Waals surface area contributed by atoms with E-state index in [0.717, 1.165) is 11.1 Å². The summed E-state index contributed by atoms with van der Waals surface area (Å²) < 4.78 is 27.0. The predicted molar refractivity (Wildman–Crippen MR) is 82.6 cm³/mol. The van der Waals surface area contributed by atoms with Crippen LogP contribution in [0.25, 0.3) is 0 Å². The Morgan fingerprint density at radius 3 is 2.62 bits per heavy atom. The third kappa shape index (κ3) is 4.04. The molecule has 2 rings (SSSR count). The van der Waals surface area contributed by atoms with Crippen molar-refractivity contribution in [3.05, 3.63) is 64.2 Å². The summed E-state index contributed by atoms with van der Waals surface area (Å²) in [6.07, 6.45) is 0. The highest BCUT2D eigenvalue weighted by Crippen LogP contribution is 2.16. The van der Waals surface area contributed by atoms with Crippen LogP contribution in [0.1, 0.15) is 16.7 Å². The third-order valence-electron chi connectivity index (χ3n) is 3.16. The largest absolute Gasteiger partial charge is 0.392 e. The molecule has 0 unspecified atom stereocenters. The van der Waals surface area contributed by atoms with Crippen molar-refractivity contribution < 1.29 is 13.5 Å². The molecule has 2 aromatic rings. The average molecular weight is 326 g/mol. The Morgan fingerprint density at radius 1 is 1.19 bits per heavy atom. The van der Waals surface area contributed by atoms with Crippen molar-refractivity contribution in [3.8, 4) is 0 Å². The highest BCUT2D eigenvalue weighted by Gasteiger charge is 2.15. The van der Waals surface area contributed by atoms with Gasteiger partial charge in [-0.2, -0.15) is 0 Å². The molecule has 2 N–H and O–H groups in total. The van der Waals surface area contributed by atoms with Crippen molar-refractivity contribution in [2.24, 2.45) is 0 Å². The van der Waals surface area contributed by atoms with Crippen LogP contribution in [0.15, 0.2) is 47.4 Å². The molecule has 6 heteroatoms. The van der Waals surface area contributed by atoms with Crippen molar-refractivity contribution >= 4 is 21.6 Å². The molecule has 21 heavy (non-hydrogen) atoms. The first-order valence-corrected chi connectivity index (χ1v) is 8.23. The van der Waals surface area contributed by atoms with Gasteiger partial charge in [-0.25, -0.2) is 13.1 Å². The van der Waals surface area contributed by atoms with Crippen LogP contribution in [-0.2, 0) is 23.2 Å². The molecule has 0 heterocycles. The van der Waals surface area contributed by atoms with E-state index in [0.29, 0.717) is 10.6 Å². The monoisotopic (exact) mass is 325 g/mol. The second kappa shape index (κ2) is 6.58. The molecule has 0 aliphatic carbocycles. The van der Waals surface area contributed by atoms with Gasteiger partial charge >= 0.3 is 0 Å². The molecule has 0 atom stereocenters. The minimum absolute atomic E-state index is 0.138. The molecule has 2 aromatic carbocycles. The lowest BCUT2D eigenvalue weighted by Crippen LogP contribution is -2.23. The van der Waals surface area contributed by atoms with E-state index in [4.69, 9.17) is 11.6 Å². The van der Waals surface area contributed by atoms with Gasteiger partial charge in [-0.15, -0.1) is 0 Å². The van der Waals surface area contributed by atoms with Gasteiger partial charge in [0.05, 0.1) is 11.5 Å². The molecular weight excluding hydrogens is 310 g/mol. The van der Waals surface area contributed by atoms with E-state index >= 15 is 0 Å². The van der Waals surface area contributed by atoms with E-state index in [2.05, 4.69) is 4.72 Å². The minimum Gasteiger partial charge on any atom is -0.392 e. The van der Waals surface area contributed by atoms with Crippen molar-refractivity contribution in [2.45, 2.75) is 25.0 Å². The Balaban J connectivity index is 2.18. The normalized spacial score (nSPS) is 11.6. The first-order valence-electron chi connectivity index (χ1n) is 6.37. The number of rotatable bonds is 5. The summed E-state index contributed by atoms with van der Waals surface area (Å²) in [7, 11) is -3.62. The molecule has 0 amide bonds. The number of aliphatic hydroxyl groups is 1. The molecular formula is C15H16ClNO3S. The highest BCUT2D eigenvalue weighted by atomic mass is 35.5. The molecule has 0 aromatic heterocycles. The zero-order valence-electron chi connectivity index (χ0n) is 11.5. The maximum atomic E-state index is 12.2. The van der Waals surface area contributed by atoms with Crippen LogP contribution in [0.2, 0.25) is 5.02 Å². The smallest absolute Gasteiger partial charge is 0.240 e. The van der Waals surface area contributed by atoms with Gasteiger partial charge in [-0.05, 0) is 47.9 Å². The van der Waals surface area contributed by atoms with Crippen molar-refractivity contribution in [3.63, 3.8) is 0 Å². The summed E-state index contributed by atoms with van der Waals surface area (Å²) >= 11 is 5.86. The van der Waals surface area contributed by atoms with Crippen LogP contribution in [-0.4, -0.2) is 13.5 Å². The van der Waals surface area contributed by atoms with Gasteiger partial charge in [0, 0.05) is 11.6 Å². The van der Waals surface area contributed by atoms with Crippen LogP contribution >= 0.6 is 11.6 Å². The van der Waals surface area contributed by atoms with E-state index in [1.54, 1.807) is 30.3 Å². The second-order valence-corrected chi connectivity index (χ2v) is 6.90.